The molecule has 5 heteroatoms. The van der Waals surface area contributed by atoms with Crippen LogP contribution >= 0.6 is 27.3 Å². The van der Waals surface area contributed by atoms with Crippen molar-refractivity contribution in [3.63, 3.8) is 0 Å². The van der Waals surface area contributed by atoms with Crippen molar-refractivity contribution in [1.82, 2.24) is 10.2 Å². The van der Waals surface area contributed by atoms with Crippen LogP contribution < -0.4 is 5.32 Å². The molecule has 0 unspecified atom stereocenters. The number of hydrogen-bond donors (Lipinski definition) is 1. The Kier molecular flexibility index (Phi) is 6.17. The molecule has 0 bridgehead atoms. The third-order valence-electron chi connectivity index (χ3n) is 3.55. The van der Waals surface area contributed by atoms with Crippen LogP contribution in [0.3, 0.4) is 0 Å². The minimum atomic E-state index is 0.0675. The number of rotatable bonds is 6. The van der Waals surface area contributed by atoms with Gasteiger partial charge in [-0.05, 0) is 53.5 Å². The van der Waals surface area contributed by atoms with E-state index in [-0.39, 0.29) is 11.9 Å². The fraction of sp³-hybridized carbons (Fsp3) is 0.353. The summed E-state index contributed by atoms with van der Waals surface area (Å²) in [5.41, 5.74) is 1.92. The van der Waals surface area contributed by atoms with E-state index in [9.17, 15) is 4.79 Å². The summed E-state index contributed by atoms with van der Waals surface area (Å²) in [6.45, 7) is 5.68. The first-order valence-corrected chi connectivity index (χ1v) is 8.94. The highest BCUT2D eigenvalue weighted by atomic mass is 79.9. The van der Waals surface area contributed by atoms with Crippen molar-refractivity contribution in [2.24, 2.45) is 0 Å². The Morgan fingerprint density at radius 3 is 2.50 bits per heavy atom. The van der Waals surface area contributed by atoms with Gasteiger partial charge in [0, 0.05) is 46.5 Å². The molecule has 0 saturated carbocycles. The Morgan fingerprint density at radius 2 is 1.95 bits per heavy atom. The first-order chi connectivity index (χ1) is 10.5. The molecule has 22 heavy (non-hydrogen) atoms. The molecular formula is C17H21BrN2OS. The normalized spacial score (nSPS) is 11.0. The van der Waals surface area contributed by atoms with Crippen molar-refractivity contribution in [2.75, 3.05) is 7.05 Å². The average molecular weight is 381 g/mol. The van der Waals surface area contributed by atoms with E-state index in [0.717, 1.165) is 23.1 Å². The third-order valence-corrected chi connectivity index (χ3v) is 5.24. The first-order valence-electron chi connectivity index (χ1n) is 7.27. The van der Waals surface area contributed by atoms with Crippen LogP contribution in [-0.2, 0) is 13.1 Å². The van der Waals surface area contributed by atoms with E-state index in [1.165, 1.54) is 10.4 Å². The fourth-order valence-corrected chi connectivity index (χ4v) is 3.40. The Hall–Kier alpha value is -1.17. The quantitative estimate of drug-likeness (QED) is 0.810. The zero-order valence-corrected chi connectivity index (χ0v) is 15.5. The molecule has 3 nitrogen and oxygen atoms in total. The summed E-state index contributed by atoms with van der Waals surface area (Å²) in [5, 5.41) is 5.50. The number of hydrogen-bond acceptors (Lipinski definition) is 3. The van der Waals surface area contributed by atoms with E-state index in [1.54, 1.807) is 16.2 Å². The average Bonchev–Trinajstić information content (AvgIpc) is 2.92. The minimum Gasteiger partial charge on any atom is -0.339 e. The van der Waals surface area contributed by atoms with Crippen molar-refractivity contribution in [1.29, 1.82) is 0 Å². The van der Waals surface area contributed by atoms with Crippen molar-refractivity contribution in [3.8, 4) is 0 Å². The predicted octanol–water partition coefficient (Wildman–Crippen LogP) is 4.28. The summed E-state index contributed by atoms with van der Waals surface area (Å²) in [4.78, 5) is 15.3. The molecule has 2 rings (SSSR count). The summed E-state index contributed by atoms with van der Waals surface area (Å²) in [6, 6.07) is 10.2. The predicted molar refractivity (Wildman–Crippen MR) is 96.2 cm³/mol. The highest BCUT2D eigenvalue weighted by molar-refractivity contribution is 9.10. The molecule has 0 saturated heterocycles. The lowest BCUT2D eigenvalue weighted by molar-refractivity contribution is 0.0755. The zero-order valence-electron chi connectivity index (χ0n) is 13.1. The van der Waals surface area contributed by atoms with Gasteiger partial charge in [-0.15, -0.1) is 11.3 Å². The van der Waals surface area contributed by atoms with Gasteiger partial charge in [-0.25, -0.2) is 0 Å². The molecule has 1 amide bonds. The standard InChI is InChI=1S/C17H21BrN2OS/c1-12(2)20(3)17(21)14-6-4-13(5-7-14)9-19-10-16-8-15(18)11-22-16/h4-8,11-12,19H,9-10H2,1-3H3. The number of thiophene rings is 1. The lowest BCUT2D eigenvalue weighted by atomic mass is 10.1. The van der Waals surface area contributed by atoms with Crippen LogP contribution in [0.4, 0.5) is 0 Å². The SMILES string of the molecule is CC(C)N(C)C(=O)c1ccc(CNCc2cc(Br)cs2)cc1. The maximum absolute atomic E-state index is 12.2. The van der Waals surface area contributed by atoms with E-state index < -0.39 is 0 Å². The molecule has 0 aliphatic rings. The summed E-state index contributed by atoms with van der Waals surface area (Å²) < 4.78 is 1.13. The molecule has 1 N–H and O–H groups in total. The molecule has 0 radical (unpaired) electrons. The Labute approximate surface area is 144 Å². The Bertz CT molecular complexity index is 622. The number of amides is 1. The fourth-order valence-electron chi connectivity index (χ4n) is 1.98. The minimum absolute atomic E-state index is 0.0675. The topological polar surface area (TPSA) is 32.3 Å². The molecule has 1 aromatic carbocycles. The second kappa shape index (κ2) is 7.90. The summed E-state index contributed by atoms with van der Waals surface area (Å²) in [7, 11) is 1.83. The number of carbonyl (C=O) groups is 1. The lowest BCUT2D eigenvalue weighted by Gasteiger charge is -2.21. The maximum atomic E-state index is 12.2. The van der Waals surface area contributed by atoms with Crippen LogP contribution in [0.25, 0.3) is 0 Å². The molecule has 1 aromatic heterocycles. The molecule has 0 aliphatic heterocycles. The molecule has 118 valence electrons. The van der Waals surface area contributed by atoms with Crippen molar-refractivity contribution in [3.05, 3.63) is 56.2 Å². The van der Waals surface area contributed by atoms with Crippen molar-refractivity contribution < 1.29 is 4.79 Å². The van der Waals surface area contributed by atoms with Gasteiger partial charge >= 0.3 is 0 Å². The highest BCUT2D eigenvalue weighted by Crippen LogP contribution is 2.19. The Morgan fingerprint density at radius 1 is 1.27 bits per heavy atom. The van der Waals surface area contributed by atoms with Crippen molar-refractivity contribution in [2.45, 2.75) is 33.0 Å². The van der Waals surface area contributed by atoms with Gasteiger partial charge in [-0.2, -0.15) is 0 Å². The van der Waals surface area contributed by atoms with E-state index in [0.29, 0.717) is 0 Å². The maximum Gasteiger partial charge on any atom is 0.253 e. The van der Waals surface area contributed by atoms with E-state index in [4.69, 9.17) is 0 Å². The van der Waals surface area contributed by atoms with Crippen LogP contribution in [0.2, 0.25) is 0 Å². The van der Waals surface area contributed by atoms with Crippen LogP contribution in [-0.4, -0.2) is 23.9 Å². The molecule has 0 fully saturated rings. The molecule has 1 heterocycles. The van der Waals surface area contributed by atoms with Crippen LogP contribution in [0.1, 0.15) is 34.6 Å². The van der Waals surface area contributed by atoms with Gasteiger partial charge in [-0.3, -0.25) is 4.79 Å². The van der Waals surface area contributed by atoms with Gasteiger partial charge in [0.25, 0.3) is 5.91 Å². The van der Waals surface area contributed by atoms with Gasteiger partial charge in [0.05, 0.1) is 0 Å². The molecule has 2 aromatic rings. The number of halogens is 1. The highest BCUT2D eigenvalue weighted by Gasteiger charge is 2.13. The van der Waals surface area contributed by atoms with Gasteiger partial charge in [0.2, 0.25) is 0 Å². The van der Waals surface area contributed by atoms with Gasteiger partial charge in [0.1, 0.15) is 0 Å². The molecule has 0 aliphatic carbocycles. The van der Waals surface area contributed by atoms with Crippen LogP contribution in [0.15, 0.2) is 40.2 Å². The van der Waals surface area contributed by atoms with Crippen LogP contribution in [0.5, 0.6) is 0 Å². The smallest absolute Gasteiger partial charge is 0.253 e. The van der Waals surface area contributed by atoms with Gasteiger partial charge in [-0.1, -0.05) is 12.1 Å². The number of carbonyl (C=O) groups excluding carboxylic acids is 1. The lowest BCUT2D eigenvalue weighted by Crippen LogP contribution is -2.32. The number of nitrogens with one attached hydrogen (secondary N) is 1. The van der Waals surface area contributed by atoms with Crippen molar-refractivity contribution >= 4 is 33.2 Å². The summed E-state index contributed by atoms with van der Waals surface area (Å²) in [6.07, 6.45) is 0. The summed E-state index contributed by atoms with van der Waals surface area (Å²) >= 11 is 5.20. The Balaban J connectivity index is 1.87. The van der Waals surface area contributed by atoms with Crippen LogP contribution in [0, 0.1) is 0 Å². The monoisotopic (exact) mass is 380 g/mol. The third kappa shape index (κ3) is 4.66. The van der Waals surface area contributed by atoms with E-state index in [2.05, 4.69) is 32.7 Å². The molecule has 0 spiro atoms. The van der Waals surface area contributed by atoms with E-state index >= 15 is 0 Å². The largest absolute Gasteiger partial charge is 0.339 e. The van der Waals surface area contributed by atoms with Gasteiger partial charge in [0.15, 0.2) is 0 Å². The van der Waals surface area contributed by atoms with E-state index in [1.807, 2.05) is 45.2 Å². The number of nitrogens with zero attached hydrogens (tertiary/aromatic N) is 1. The molecule has 0 atom stereocenters. The second-order valence-electron chi connectivity index (χ2n) is 5.54. The summed E-state index contributed by atoms with van der Waals surface area (Å²) in [5.74, 6) is 0.0675. The second-order valence-corrected chi connectivity index (χ2v) is 7.45. The van der Waals surface area contributed by atoms with Gasteiger partial charge < -0.3 is 10.2 Å². The zero-order chi connectivity index (χ0) is 16.1. The molecular weight excluding hydrogens is 360 g/mol. The number of benzene rings is 1. The first kappa shape index (κ1) is 17.2.